The average molecular weight is 333 g/mol. The molecule has 1 aliphatic heterocycles. The van der Waals surface area contributed by atoms with E-state index in [1.165, 1.54) is 0 Å². The van der Waals surface area contributed by atoms with Crippen LogP contribution in [0.15, 0.2) is 30.3 Å². The Hall–Kier alpha value is -1.53. The molecule has 1 saturated heterocycles. The van der Waals surface area contributed by atoms with Gasteiger partial charge in [-0.2, -0.15) is 0 Å². The zero-order valence-electron chi connectivity index (χ0n) is 13.1. The topological polar surface area (TPSA) is 75.3 Å². The number of halogens is 1. The average Bonchev–Trinajstić information content (AvgIpc) is 2.87. The van der Waals surface area contributed by atoms with Gasteiger partial charge in [0.25, 0.3) is 0 Å². The summed E-state index contributed by atoms with van der Waals surface area (Å²) in [4.78, 5) is 11.4. The molecule has 0 amide bonds. The number of likely N-dealkylation sites (tertiary alicyclic amines) is 1. The minimum absolute atomic E-state index is 0.208. The molecule has 3 N–H and O–H groups in total. The van der Waals surface area contributed by atoms with Crippen LogP contribution in [0.1, 0.15) is 17.8 Å². The molecule has 1 aromatic heterocycles. The molecule has 1 fully saturated rings. The van der Waals surface area contributed by atoms with Crippen molar-refractivity contribution >= 4 is 11.6 Å². The minimum atomic E-state index is -0.304. The summed E-state index contributed by atoms with van der Waals surface area (Å²) in [5.41, 5.74) is 8.61. The summed E-state index contributed by atoms with van der Waals surface area (Å²) in [7, 11) is 0. The van der Waals surface area contributed by atoms with Gasteiger partial charge in [0, 0.05) is 42.0 Å². The first-order chi connectivity index (χ1) is 11.0. The lowest BCUT2D eigenvalue weighted by atomic mass is 10.2. The number of β-amino-alcohol motifs (C(OH)–C–C–N with tert-alkyl or cyclic N) is 1. The fourth-order valence-electron chi connectivity index (χ4n) is 3.05. The van der Waals surface area contributed by atoms with Crippen LogP contribution in [-0.2, 0) is 6.54 Å². The second-order valence-corrected chi connectivity index (χ2v) is 6.48. The molecule has 23 heavy (non-hydrogen) atoms. The maximum atomic E-state index is 9.85. The van der Waals surface area contributed by atoms with E-state index in [1.807, 2.05) is 37.3 Å². The fraction of sp³-hybridized carbons (Fsp3) is 0.412. The van der Waals surface area contributed by atoms with E-state index in [0.717, 1.165) is 23.4 Å². The second-order valence-electron chi connectivity index (χ2n) is 6.04. The highest BCUT2D eigenvalue weighted by Crippen LogP contribution is 2.22. The van der Waals surface area contributed by atoms with Gasteiger partial charge in [-0.15, -0.1) is 0 Å². The highest BCUT2D eigenvalue weighted by molar-refractivity contribution is 6.30. The van der Waals surface area contributed by atoms with E-state index in [2.05, 4.69) is 14.9 Å². The Bertz CT molecular complexity index is 677. The number of rotatable bonds is 4. The van der Waals surface area contributed by atoms with Crippen molar-refractivity contribution in [2.24, 2.45) is 5.73 Å². The SMILES string of the molecule is Cc1cc(CN2C[C@H](O)C[C@H]2CN)nc(-c2ccc(Cl)cc2)n1. The summed E-state index contributed by atoms with van der Waals surface area (Å²) < 4.78 is 0. The standard InChI is InChI=1S/C17H21ClN4O/c1-11-6-14(9-22-10-16(23)7-15(22)8-19)21-17(20-11)12-2-4-13(18)5-3-12/h2-6,15-16,23H,7-10,19H2,1H3/t15-,16+/m0/s1. The molecule has 0 unspecified atom stereocenters. The molecule has 1 aliphatic rings. The Morgan fingerprint density at radius 1 is 1.30 bits per heavy atom. The van der Waals surface area contributed by atoms with Crippen LogP contribution >= 0.6 is 11.6 Å². The molecule has 0 aliphatic carbocycles. The molecule has 5 nitrogen and oxygen atoms in total. The number of nitrogens with two attached hydrogens (primary N) is 1. The number of aliphatic hydroxyl groups is 1. The Morgan fingerprint density at radius 2 is 2.04 bits per heavy atom. The summed E-state index contributed by atoms with van der Waals surface area (Å²) in [5.74, 6) is 0.695. The van der Waals surface area contributed by atoms with Crippen molar-refractivity contribution in [3.63, 3.8) is 0 Å². The summed E-state index contributed by atoms with van der Waals surface area (Å²) in [6, 6.07) is 9.70. The Balaban J connectivity index is 1.84. The number of hydrogen-bond donors (Lipinski definition) is 2. The number of nitrogens with zero attached hydrogens (tertiary/aromatic N) is 3. The predicted octanol–water partition coefficient (Wildman–Crippen LogP) is 2.00. The number of benzene rings is 1. The van der Waals surface area contributed by atoms with Crippen LogP contribution in [0.25, 0.3) is 11.4 Å². The first-order valence-electron chi connectivity index (χ1n) is 7.78. The molecule has 122 valence electrons. The maximum Gasteiger partial charge on any atom is 0.159 e. The number of aliphatic hydroxyl groups excluding tert-OH is 1. The van der Waals surface area contributed by atoms with Crippen molar-refractivity contribution in [3.05, 3.63) is 46.7 Å². The third-order valence-corrected chi connectivity index (χ3v) is 4.40. The van der Waals surface area contributed by atoms with Gasteiger partial charge in [-0.05, 0) is 43.7 Å². The first kappa shape index (κ1) is 16.3. The molecule has 2 atom stereocenters. The molecule has 1 aromatic carbocycles. The van der Waals surface area contributed by atoms with Crippen molar-refractivity contribution < 1.29 is 5.11 Å². The summed E-state index contributed by atoms with van der Waals surface area (Å²) in [6.07, 6.45) is 0.423. The van der Waals surface area contributed by atoms with Gasteiger partial charge in [-0.1, -0.05) is 11.6 Å². The van der Waals surface area contributed by atoms with Crippen molar-refractivity contribution in [2.45, 2.75) is 32.0 Å². The van der Waals surface area contributed by atoms with E-state index in [-0.39, 0.29) is 12.1 Å². The molecule has 0 saturated carbocycles. The third-order valence-electron chi connectivity index (χ3n) is 4.15. The normalized spacial score (nSPS) is 21.7. The second kappa shape index (κ2) is 6.93. The summed E-state index contributed by atoms with van der Waals surface area (Å²) >= 11 is 5.94. The van der Waals surface area contributed by atoms with Crippen LogP contribution in [0, 0.1) is 6.92 Å². The van der Waals surface area contributed by atoms with Gasteiger partial charge in [-0.3, -0.25) is 4.90 Å². The Kier molecular flexibility index (Phi) is 4.92. The molecule has 0 spiro atoms. The lowest BCUT2D eigenvalue weighted by Gasteiger charge is -2.22. The van der Waals surface area contributed by atoms with Crippen LogP contribution in [-0.4, -0.2) is 45.2 Å². The highest BCUT2D eigenvalue weighted by Gasteiger charge is 2.30. The van der Waals surface area contributed by atoms with E-state index in [0.29, 0.717) is 30.5 Å². The van der Waals surface area contributed by atoms with E-state index in [9.17, 15) is 5.11 Å². The molecular formula is C17H21ClN4O. The smallest absolute Gasteiger partial charge is 0.159 e. The van der Waals surface area contributed by atoms with E-state index in [4.69, 9.17) is 17.3 Å². The van der Waals surface area contributed by atoms with Gasteiger partial charge >= 0.3 is 0 Å². The molecular weight excluding hydrogens is 312 g/mol. The molecule has 3 rings (SSSR count). The van der Waals surface area contributed by atoms with Gasteiger partial charge in [0.15, 0.2) is 5.82 Å². The molecule has 0 radical (unpaired) electrons. The predicted molar refractivity (Wildman–Crippen MR) is 91.1 cm³/mol. The lowest BCUT2D eigenvalue weighted by molar-refractivity contribution is 0.172. The lowest BCUT2D eigenvalue weighted by Crippen LogP contribution is -2.35. The monoisotopic (exact) mass is 332 g/mol. The highest BCUT2D eigenvalue weighted by atomic mass is 35.5. The Labute approximate surface area is 141 Å². The van der Waals surface area contributed by atoms with Crippen molar-refractivity contribution in [3.8, 4) is 11.4 Å². The van der Waals surface area contributed by atoms with E-state index in [1.54, 1.807) is 0 Å². The maximum absolute atomic E-state index is 9.85. The first-order valence-corrected chi connectivity index (χ1v) is 8.15. The van der Waals surface area contributed by atoms with Crippen LogP contribution < -0.4 is 5.73 Å². The van der Waals surface area contributed by atoms with E-state index < -0.39 is 0 Å². The van der Waals surface area contributed by atoms with Crippen LogP contribution in [0.4, 0.5) is 0 Å². The minimum Gasteiger partial charge on any atom is -0.392 e. The van der Waals surface area contributed by atoms with Crippen molar-refractivity contribution in [1.82, 2.24) is 14.9 Å². The Morgan fingerprint density at radius 3 is 2.74 bits per heavy atom. The molecule has 2 aromatic rings. The number of aromatic nitrogens is 2. The van der Waals surface area contributed by atoms with Crippen molar-refractivity contribution in [2.75, 3.05) is 13.1 Å². The number of hydrogen-bond acceptors (Lipinski definition) is 5. The van der Waals surface area contributed by atoms with Gasteiger partial charge in [-0.25, -0.2) is 9.97 Å². The molecule has 2 heterocycles. The summed E-state index contributed by atoms with van der Waals surface area (Å²) in [5, 5.41) is 10.5. The van der Waals surface area contributed by atoms with Gasteiger partial charge in [0.1, 0.15) is 0 Å². The van der Waals surface area contributed by atoms with E-state index >= 15 is 0 Å². The van der Waals surface area contributed by atoms with Crippen LogP contribution in [0.3, 0.4) is 0 Å². The zero-order valence-corrected chi connectivity index (χ0v) is 13.9. The number of aryl methyl sites for hydroxylation is 1. The fourth-order valence-corrected chi connectivity index (χ4v) is 3.17. The quantitative estimate of drug-likeness (QED) is 0.895. The van der Waals surface area contributed by atoms with Crippen LogP contribution in [0.5, 0.6) is 0 Å². The van der Waals surface area contributed by atoms with Gasteiger partial charge in [0.2, 0.25) is 0 Å². The van der Waals surface area contributed by atoms with Crippen LogP contribution in [0.2, 0.25) is 5.02 Å². The van der Waals surface area contributed by atoms with Crippen molar-refractivity contribution in [1.29, 1.82) is 0 Å². The van der Waals surface area contributed by atoms with Gasteiger partial charge < -0.3 is 10.8 Å². The third kappa shape index (κ3) is 3.87. The summed E-state index contributed by atoms with van der Waals surface area (Å²) in [6.45, 7) is 3.82. The zero-order chi connectivity index (χ0) is 16.4. The molecule has 0 bridgehead atoms. The largest absolute Gasteiger partial charge is 0.392 e. The van der Waals surface area contributed by atoms with Gasteiger partial charge in [0.05, 0.1) is 11.8 Å². The molecule has 6 heteroatoms.